The van der Waals surface area contributed by atoms with Crippen molar-refractivity contribution >= 4 is 5.91 Å². The molecular formula is C24H26F6N2O2. The van der Waals surface area contributed by atoms with Crippen LogP contribution >= 0.6 is 0 Å². The van der Waals surface area contributed by atoms with Crippen LogP contribution in [0.2, 0.25) is 0 Å². The SMILES string of the molecule is CCC(=O)N[C@H]1CC[C@@](COCc2cc(C(F)(F)F)cc(C(F)(F)F)c2)(c2ccccc2)NC1. The summed E-state index contributed by atoms with van der Waals surface area (Å²) in [4.78, 5) is 11.7. The Morgan fingerprint density at radius 1 is 1.06 bits per heavy atom. The molecule has 1 saturated heterocycles. The molecular weight excluding hydrogens is 462 g/mol. The van der Waals surface area contributed by atoms with Crippen molar-refractivity contribution in [2.24, 2.45) is 0 Å². The molecule has 4 nitrogen and oxygen atoms in total. The summed E-state index contributed by atoms with van der Waals surface area (Å²) in [6, 6.07) is 10.7. The molecule has 0 radical (unpaired) electrons. The third-order valence-corrected chi connectivity index (χ3v) is 5.88. The zero-order valence-electron chi connectivity index (χ0n) is 18.5. The molecule has 2 N–H and O–H groups in total. The second-order valence-corrected chi connectivity index (χ2v) is 8.39. The Hall–Kier alpha value is -2.59. The fourth-order valence-corrected chi connectivity index (χ4v) is 4.04. The molecule has 34 heavy (non-hydrogen) atoms. The predicted molar refractivity (Wildman–Crippen MR) is 114 cm³/mol. The first-order valence-corrected chi connectivity index (χ1v) is 10.9. The maximum absolute atomic E-state index is 13.1. The first-order chi connectivity index (χ1) is 15.9. The van der Waals surface area contributed by atoms with Gasteiger partial charge in [0.1, 0.15) is 0 Å². The lowest BCUT2D eigenvalue weighted by molar-refractivity contribution is -0.143. The molecule has 2 aromatic rings. The molecule has 1 fully saturated rings. The van der Waals surface area contributed by atoms with Gasteiger partial charge in [0.2, 0.25) is 5.91 Å². The van der Waals surface area contributed by atoms with E-state index >= 15 is 0 Å². The molecule has 10 heteroatoms. The lowest BCUT2D eigenvalue weighted by Gasteiger charge is -2.42. The number of rotatable bonds is 7. The average Bonchev–Trinajstić information content (AvgIpc) is 2.79. The van der Waals surface area contributed by atoms with E-state index in [2.05, 4.69) is 10.6 Å². The van der Waals surface area contributed by atoms with Crippen LogP contribution in [-0.4, -0.2) is 25.1 Å². The minimum absolute atomic E-state index is 0.0308. The Balaban J connectivity index is 1.76. The van der Waals surface area contributed by atoms with Crippen molar-refractivity contribution in [3.8, 4) is 0 Å². The number of alkyl halides is 6. The lowest BCUT2D eigenvalue weighted by Crippen LogP contribution is -2.57. The summed E-state index contributed by atoms with van der Waals surface area (Å²) in [5.74, 6) is -0.0692. The van der Waals surface area contributed by atoms with E-state index in [1.54, 1.807) is 6.92 Å². The number of benzene rings is 2. The predicted octanol–water partition coefficient (Wildman–Crippen LogP) is 5.41. The number of ether oxygens (including phenoxy) is 1. The summed E-state index contributed by atoms with van der Waals surface area (Å²) in [5, 5.41) is 6.31. The molecule has 2 atom stereocenters. The molecule has 3 rings (SSSR count). The third kappa shape index (κ3) is 6.50. The maximum Gasteiger partial charge on any atom is 0.416 e. The number of carbonyl (C=O) groups excluding carboxylic acids is 1. The standard InChI is InChI=1S/C24H26F6N2O2/c1-2-21(33)32-20-8-9-22(31-13-20,17-6-4-3-5-7-17)15-34-14-16-10-18(23(25,26)27)12-19(11-16)24(28,29)30/h3-7,10-12,20,31H,2,8-9,13-15H2,1H3,(H,32,33)/t20-,22+/m0/s1. The number of carbonyl (C=O) groups is 1. The third-order valence-electron chi connectivity index (χ3n) is 5.88. The molecule has 0 aromatic heterocycles. The van der Waals surface area contributed by atoms with Crippen LogP contribution in [0.4, 0.5) is 26.3 Å². The van der Waals surface area contributed by atoms with E-state index in [-0.39, 0.29) is 30.2 Å². The van der Waals surface area contributed by atoms with E-state index in [0.717, 1.165) is 5.56 Å². The molecule has 0 saturated carbocycles. The number of amides is 1. The highest BCUT2D eigenvalue weighted by Gasteiger charge is 2.38. The minimum atomic E-state index is -4.91. The van der Waals surface area contributed by atoms with Gasteiger partial charge in [0.25, 0.3) is 0 Å². The van der Waals surface area contributed by atoms with Gasteiger partial charge >= 0.3 is 12.4 Å². The second-order valence-electron chi connectivity index (χ2n) is 8.39. The Bertz CT molecular complexity index is 935. The van der Waals surface area contributed by atoms with Gasteiger partial charge in [0, 0.05) is 19.0 Å². The summed E-state index contributed by atoms with van der Waals surface area (Å²) in [6.45, 7) is 1.82. The van der Waals surface area contributed by atoms with Crippen LogP contribution in [0.25, 0.3) is 0 Å². The van der Waals surface area contributed by atoms with Crippen LogP contribution in [0.3, 0.4) is 0 Å². The number of hydrogen-bond donors (Lipinski definition) is 2. The quantitative estimate of drug-likeness (QED) is 0.512. The number of halogens is 6. The number of piperidine rings is 1. The zero-order chi connectivity index (χ0) is 25.0. The number of hydrogen-bond acceptors (Lipinski definition) is 3. The highest BCUT2D eigenvalue weighted by molar-refractivity contribution is 5.75. The summed E-state index contributed by atoms with van der Waals surface area (Å²) in [5.41, 5.74) is -2.76. The normalized spacial score (nSPS) is 21.3. The van der Waals surface area contributed by atoms with Gasteiger partial charge in [0.15, 0.2) is 0 Å². The molecule has 1 amide bonds. The molecule has 1 aliphatic rings. The van der Waals surface area contributed by atoms with Gasteiger partial charge in [0.05, 0.1) is 29.9 Å². The van der Waals surface area contributed by atoms with Crippen molar-refractivity contribution in [1.82, 2.24) is 10.6 Å². The molecule has 1 aliphatic heterocycles. The molecule has 0 spiro atoms. The zero-order valence-corrected chi connectivity index (χ0v) is 18.5. The van der Waals surface area contributed by atoms with Crippen molar-refractivity contribution in [2.45, 2.75) is 56.7 Å². The Morgan fingerprint density at radius 2 is 1.68 bits per heavy atom. The van der Waals surface area contributed by atoms with Crippen LogP contribution in [0, 0.1) is 0 Å². The summed E-state index contributed by atoms with van der Waals surface area (Å²) < 4.78 is 84.5. The van der Waals surface area contributed by atoms with Gasteiger partial charge in [-0.05, 0) is 42.2 Å². The Morgan fingerprint density at radius 3 is 2.18 bits per heavy atom. The van der Waals surface area contributed by atoms with Crippen molar-refractivity contribution in [3.05, 3.63) is 70.8 Å². The van der Waals surface area contributed by atoms with E-state index in [4.69, 9.17) is 4.74 Å². The van der Waals surface area contributed by atoms with Gasteiger partial charge in [-0.1, -0.05) is 37.3 Å². The van der Waals surface area contributed by atoms with Crippen LogP contribution in [0.5, 0.6) is 0 Å². The summed E-state index contributed by atoms with van der Waals surface area (Å²) in [7, 11) is 0. The Kier molecular flexibility index (Phi) is 7.92. The van der Waals surface area contributed by atoms with Crippen LogP contribution in [0.15, 0.2) is 48.5 Å². The lowest BCUT2D eigenvalue weighted by atomic mass is 9.81. The van der Waals surface area contributed by atoms with Gasteiger partial charge in [-0.2, -0.15) is 26.3 Å². The highest BCUT2D eigenvalue weighted by Crippen LogP contribution is 2.37. The molecule has 0 unspecified atom stereocenters. The smallest absolute Gasteiger partial charge is 0.374 e. The van der Waals surface area contributed by atoms with Gasteiger partial charge in [-0.3, -0.25) is 4.79 Å². The van der Waals surface area contributed by atoms with E-state index in [9.17, 15) is 31.1 Å². The summed E-state index contributed by atoms with van der Waals surface area (Å²) in [6.07, 6.45) is -8.27. The maximum atomic E-state index is 13.1. The van der Waals surface area contributed by atoms with Crippen molar-refractivity contribution in [1.29, 1.82) is 0 Å². The molecule has 186 valence electrons. The van der Waals surface area contributed by atoms with E-state index in [0.29, 0.717) is 37.9 Å². The fourth-order valence-electron chi connectivity index (χ4n) is 4.04. The highest BCUT2D eigenvalue weighted by atomic mass is 19.4. The van der Waals surface area contributed by atoms with Crippen LogP contribution in [-0.2, 0) is 34.0 Å². The van der Waals surface area contributed by atoms with Crippen molar-refractivity contribution < 1.29 is 35.9 Å². The monoisotopic (exact) mass is 488 g/mol. The Labute approximate surface area is 193 Å². The van der Waals surface area contributed by atoms with Crippen LogP contribution < -0.4 is 10.6 Å². The van der Waals surface area contributed by atoms with E-state index in [1.807, 2.05) is 30.3 Å². The van der Waals surface area contributed by atoms with E-state index < -0.39 is 35.6 Å². The topological polar surface area (TPSA) is 50.4 Å². The van der Waals surface area contributed by atoms with E-state index in [1.165, 1.54) is 0 Å². The molecule has 0 aliphatic carbocycles. The van der Waals surface area contributed by atoms with Crippen molar-refractivity contribution in [3.63, 3.8) is 0 Å². The average molecular weight is 488 g/mol. The molecule has 0 bridgehead atoms. The first-order valence-electron chi connectivity index (χ1n) is 10.9. The second kappa shape index (κ2) is 10.4. The largest absolute Gasteiger partial charge is 0.416 e. The minimum Gasteiger partial charge on any atom is -0.374 e. The number of nitrogens with one attached hydrogen (secondary N) is 2. The first kappa shape index (κ1) is 26.0. The summed E-state index contributed by atoms with van der Waals surface area (Å²) >= 11 is 0. The molecule has 1 heterocycles. The van der Waals surface area contributed by atoms with Gasteiger partial charge in [-0.15, -0.1) is 0 Å². The fraction of sp³-hybridized carbons (Fsp3) is 0.458. The van der Waals surface area contributed by atoms with Crippen molar-refractivity contribution in [2.75, 3.05) is 13.2 Å². The van der Waals surface area contributed by atoms with Crippen LogP contribution in [0.1, 0.15) is 48.4 Å². The molecule has 2 aromatic carbocycles. The van der Waals surface area contributed by atoms with Gasteiger partial charge in [-0.25, -0.2) is 0 Å². The van der Waals surface area contributed by atoms with Gasteiger partial charge < -0.3 is 15.4 Å².